The zero-order valence-electron chi connectivity index (χ0n) is 22.1. The highest BCUT2D eigenvalue weighted by molar-refractivity contribution is 5.91. The number of hydrogen-bond acceptors (Lipinski definition) is 6. The fraction of sp³-hybridized carbons (Fsp3) is 0.500. The Morgan fingerprint density at radius 1 is 1.14 bits per heavy atom. The lowest BCUT2D eigenvalue weighted by Gasteiger charge is -2.49. The molecule has 7 heteroatoms. The predicted octanol–water partition coefficient (Wildman–Crippen LogP) is 3.06. The molecule has 8 atom stereocenters. The van der Waals surface area contributed by atoms with Gasteiger partial charge >= 0.3 is 5.97 Å². The highest BCUT2D eigenvalue weighted by Crippen LogP contribution is 2.57. The van der Waals surface area contributed by atoms with E-state index in [2.05, 4.69) is 5.32 Å². The summed E-state index contributed by atoms with van der Waals surface area (Å²) in [6.45, 7) is 8.20. The Morgan fingerprint density at radius 3 is 2.46 bits per heavy atom. The van der Waals surface area contributed by atoms with Crippen molar-refractivity contribution in [3.63, 3.8) is 0 Å². The van der Waals surface area contributed by atoms with Gasteiger partial charge in [0.05, 0.1) is 6.10 Å². The first-order chi connectivity index (χ1) is 17.4. The number of nitrogens with one attached hydrogen (secondary N) is 1. The number of rotatable bonds is 3. The maximum Gasteiger partial charge on any atom is 0.303 e. The van der Waals surface area contributed by atoms with Gasteiger partial charge in [-0.15, -0.1) is 0 Å². The summed E-state index contributed by atoms with van der Waals surface area (Å²) in [7, 11) is 0. The van der Waals surface area contributed by atoms with Crippen LogP contribution < -0.4 is 5.32 Å². The van der Waals surface area contributed by atoms with E-state index in [9.17, 15) is 24.6 Å². The van der Waals surface area contributed by atoms with Gasteiger partial charge < -0.3 is 20.3 Å². The first-order valence-corrected chi connectivity index (χ1v) is 12.9. The van der Waals surface area contributed by atoms with Crippen LogP contribution >= 0.6 is 0 Å². The van der Waals surface area contributed by atoms with Crippen molar-refractivity contribution < 1.29 is 29.3 Å². The molecule has 1 spiro atoms. The number of carbonyl (C=O) groups excluding carboxylic acids is 3. The highest BCUT2D eigenvalue weighted by Gasteiger charge is 2.67. The number of Topliss-reactive ketones (excluding diaryl/α,β-unsaturated/α-hetero) is 1. The van der Waals surface area contributed by atoms with E-state index in [-0.39, 0.29) is 17.7 Å². The highest BCUT2D eigenvalue weighted by atomic mass is 16.5. The maximum atomic E-state index is 14.2. The van der Waals surface area contributed by atoms with Crippen molar-refractivity contribution in [2.75, 3.05) is 0 Å². The van der Waals surface area contributed by atoms with E-state index < -0.39 is 46.9 Å². The molecule has 1 aromatic rings. The van der Waals surface area contributed by atoms with Gasteiger partial charge in [-0.25, -0.2) is 0 Å². The average Bonchev–Trinajstić information content (AvgIpc) is 3.13. The molecule has 1 saturated heterocycles. The lowest BCUT2D eigenvalue weighted by atomic mass is 9.54. The van der Waals surface area contributed by atoms with Gasteiger partial charge in [0.1, 0.15) is 17.1 Å². The normalized spacial score (nSPS) is 39.6. The number of benzene rings is 1. The first kappa shape index (κ1) is 27.0. The molecule has 3 N–H and O–H groups in total. The smallest absolute Gasteiger partial charge is 0.303 e. The van der Waals surface area contributed by atoms with Gasteiger partial charge in [-0.3, -0.25) is 14.4 Å². The molecule has 4 rings (SSSR count). The number of esters is 1. The molecule has 7 nitrogen and oxygen atoms in total. The third kappa shape index (κ3) is 4.59. The SMILES string of the molecule is CC(=O)OC1/C=C/C(C)(O)C(=O)C(C)C/C=C\C2C(O)C(C)=C(C)C3C(Cc4ccccc4)NC(=O)C123. The number of aliphatic hydroxyl groups is 2. The molecule has 198 valence electrons. The van der Waals surface area contributed by atoms with E-state index in [1.807, 2.05) is 44.2 Å². The Kier molecular flexibility index (Phi) is 7.32. The summed E-state index contributed by atoms with van der Waals surface area (Å²) in [5, 5.41) is 25.7. The van der Waals surface area contributed by atoms with E-state index in [1.165, 1.54) is 26.0 Å². The second-order valence-corrected chi connectivity index (χ2v) is 11.0. The van der Waals surface area contributed by atoms with Gasteiger partial charge in [-0.05, 0) is 56.9 Å². The van der Waals surface area contributed by atoms with E-state index in [4.69, 9.17) is 4.74 Å². The third-order valence-corrected chi connectivity index (χ3v) is 8.49. The molecule has 37 heavy (non-hydrogen) atoms. The minimum Gasteiger partial charge on any atom is -0.457 e. The van der Waals surface area contributed by atoms with Gasteiger partial charge in [-0.2, -0.15) is 0 Å². The van der Waals surface area contributed by atoms with Crippen LogP contribution in [-0.2, 0) is 25.5 Å². The Labute approximate surface area is 218 Å². The van der Waals surface area contributed by atoms with E-state index in [0.717, 1.165) is 16.7 Å². The summed E-state index contributed by atoms with van der Waals surface area (Å²) in [4.78, 5) is 39.5. The van der Waals surface area contributed by atoms with Crippen LogP contribution in [0.25, 0.3) is 0 Å². The molecule has 2 aliphatic carbocycles. The Balaban J connectivity index is 1.96. The predicted molar refractivity (Wildman–Crippen MR) is 139 cm³/mol. The molecule has 0 bridgehead atoms. The van der Waals surface area contributed by atoms with Crippen LogP contribution in [0.2, 0.25) is 0 Å². The summed E-state index contributed by atoms with van der Waals surface area (Å²) < 4.78 is 5.82. The van der Waals surface area contributed by atoms with Gasteiger partial charge in [-0.1, -0.05) is 55.0 Å². The van der Waals surface area contributed by atoms with E-state index in [0.29, 0.717) is 12.8 Å². The third-order valence-electron chi connectivity index (χ3n) is 8.49. The maximum absolute atomic E-state index is 14.2. The van der Waals surface area contributed by atoms with Crippen LogP contribution in [0.15, 0.2) is 65.8 Å². The molecule has 3 aliphatic rings. The topological polar surface area (TPSA) is 113 Å². The van der Waals surface area contributed by atoms with Gasteiger partial charge in [0.25, 0.3) is 0 Å². The van der Waals surface area contributed by atoms with Crippen molar-refractivity contribution in [1.82, 2.24) is 5.32 Å². The summed E-state index contributed by atoms with van der Waals surface area (Å²) in [6.07, 6.45) is 5.17. The summed E-state index contributed by atoms with van der Waals surface area (Å²) >= 11 is 0. The quantitative estimate of drug-likeness (QED) is 0.428. The van der Waals surface area contributed by atoms with Crippen molar-refractivity contribution in [2.24, 2.45) is 23.2 Å². The van der Waals surface area contributed by atoms with Gasteiger partial charge in [0.2, 0.25) is 5.91 Å². The van der Waals surface area contributed by atoms with Crippen LogP contribution in [0, 0.1) is 23.2 Å². The molecular weight excluding hydrogens is 470 g/mol. The standard InChI is InChI=1S/C30H37NO6/c1-17-10-9-13-22-26(33)19(3)18(2)25-23(16-21-11-7-6-8-12-21)31-28(35)30(22,25)24(37-20(4)32)14-15-29(5,36)27(17)34/h6-9,11-15,17,22-26,33,36H,10,16H2,1-5H3,(H,31,35)/b13-9-,15-14+. The molecule has 1 fully saturated rings. The first-order valence-electron chi connectivity index (χ1n) is 12.9. The van der Waals surface area contributed by atoms with Crippen molar-refractivity contribution >= 4 is 17.7 Å². The molecule has 1 aromatic carbocycles. The Morgan fingerprint density at radius 2 is 1.81 bits per heavy atom. The van der Waals surface area contributed by atoms with Crippen LogP contribution in [0.5, 0.6) is 0 Å². The number of carbonyl (C=O) groups is 3. The summed E-state index contributed by atoms with van der Waals surface area (Å²) in [5.41, 5.74) is -0.500. The average molecular weight is 508 g/mol. The van der Waals surface area contributed by atoms with Crippen molar-refractivity contribution in [1.29, 1.82) is 0 Å². The van der Waals surface area contributed by atoms with E-state index >= 15 is 0 Å². The van der Waals surface area contributed by atoms with Crippen molar-refractivity contribution in [3.8, 4) is 0 Å². The number of aliphatic hydroxyl groups excluding tert-OH is 1. The van der Waals surface area contributed by atoms with Crippen LogP contribution in [0.3, 0.4) is 0 Å². The Bertz CT molecular complexity index is 1170. The largest absolute Gasteiger partial charge is 0.457 e. The van der Waals surface area contributed by atoms with Crippen LogP contribution in [0.1, 0.15) is 46.6 Å². The lowest BCUT2D eigenvalue weighted by molar-refractivity contribution is -0.161. The minimum absolute atomic E-state index is 0.314. The zero-order chi connectivity index (χ0) is 27.1. The lowest BCUT2D eigenvalue weighted by Crippen LogP contribution is -2.58. The van der Waals surface area contributed by atoms with Crippen molar-refractivity contribution in [3.05, 3.63) is 71.3 Å². The van der Waals surface area contributed by atoms with Crippen LogP contribution in [-0.4, -0.2) is 51.7 Å². The number of hydrogen-bond donors (Lipinski definition) is 3. The molecule has 8 unspecified atom stereocenters. The number of ether oxygens (including phenoxy) is 1. The fourth-order valence-corrected chi connectivity index (χ4v) is 6.54. The van der Waals surface area contributed by atoms with Crippen molar-refractivity contribution in [2.45, 2.75) is 71.3 Å². The van der Waals surface area contributed by atoms with Crippen LogP contribution in [0.4, 0.5) is 0 Å². The van der Waals surface area contributed by atoms with Gasteiger partial charge in [0.15, 0.2) is 5.78 Å². The molecule has 1 heterocycles. The molecule has 0 saturated carbocycles. The monoisotopic (exact) mass is 507 g/mol. The Hall–Kier alpha value is -3.03. The summed E-state index contributed by atoms with van der Waals surface area (Å²) in [6, 6.07) is 9.52. The fourth-order valence-electron chi connectivity index (χ4n) is 6.54. The second-order valence-electron chi connectivity index (χ2n) is 11.0. The molecular formula is C30H37NO6. The molecule has 0 radical (unpaired) electrons. The zero-order valence-corrected chi connectivity index (χ0v) is 22.1. The number of amides is 1. The van der Waals surface area contributed by atoms with Gasteiger partial charge in [0, 0.05) is 30.7 Å². The molecule has 1 amide bonds. The second kappa shape index (κ2) is 10.0. The summed E-state index contributed by atoms with van der Waals surface area (Å²) in [5.74, 6) is -2.92. The minimum atomic E-state index is -1.82. The van der Waals surface area contributed by atoms with E-state index in [1.54, 1.807) is 19.1 Å². The molecule has 1 aliphatic heterocycles. The number of ketones is 1. The number of allylic oxidation sites excluding steroid dienone is 1. The molecule has 0 aromatic heterocycles.